The van der Waals surface area contributed by atoms with E-state index in [1.807, 2.05) is 24.3 Å². The van der Waals surface area contributed by atoms with Gasteiger partial charge in [-0.15, -0.1) is 0 Å². The Labute approximate surface area is 166 Å². The average Bonchev–Trinajstić information content (AvgIpc) is 2.64. The number of methoxy groups -OCH3 is 1. The van der Waals surface area contributed by atoms with Gasteiger partial charge in [-0.3, -0.25) is 4.90 Å². The van der Waals surface area contributed by atoms with E-state index in [1.165, 1.54) is 5.56 Å². The zero-order chi connectivity index (χ0) is 19.4. The molecular formula is C20H25ClN2O3S. The van der Waals surface area contributed by atoms with Crippen molar-refractivity contribution in [3.63, 3.8) is 0 Å². The Morgan fingerprint density at radius 3 is 2.41 bits per heavy atom. The standard InChI is InChI=1S/C20H25ClN2O3S/c1-15-13-19(26-2)7-8-20(15)27(24,25)22-18-9-11-23(12-10-18)14-16-3-5-17(21)6-4-16/h3-8,13,18,22H,9-12,14H2,1-2H3. The van der Waals surface area contributed by atoms with Crippen LogP contribution in [0.4, 0.5) is 0 Å². The molecular weight excluding hydrogens is 384 g/mol. The number of rotatable bonds is 6. The molecule has 0 unspecified atom stereocenters. The molecule has 0 aliphatic carbocycles. The van der Waals surface area contributed by atoms with Crippen LogP contribution in [0.15, 0.2) is 47.4 Å². The molecule has 1 saturated heterocycles. The van der Waals surface area contributed by atoms with Crippen molar-refractivity contribution in [3.05, 3.63) is 58.6 Å². The molecule has 1 aliphatic rings. The van der Waals surface area contributed by atoms with Crippen molar-refractivity contribution >= 4 is 21.6 Å². The first kappa shape index (κ1) is 20.1. The molecule has 2 aromatic carbocycles. The number of hydrogen-bond acceptors (Lipinski definition) is 4. The largest absolute Gasteiger partial charge is 0.497 e. The summed E-state index contributed by atoms with van der Waals surface area (Å²) in [6.07, 6.45) is 1.59. The van der Waals surface area contributed by atoms with E-state index in [0.29, 0.717) is 16.2 Å². The van der Waals surface area contributed by atoms with E-state index in [0.717, 1.165) is 37.5 Å². The summed E-state index contributed by atoms with van der Waals surface area (Å²) in [7, 11) is -1.97. The highest BCUT2D eigenvalue weighted by atomic mass is 35.5. The zero-order valence-electron chi connectivity index (χ0n) is 15.6. The normalized spacial score (nSPS) is 16.4. The maximum atomic E-state index is 12.7. The highest BCUT2D eigenvalue weighted by Crippen LogP contribution is 2.23. The van der Waals surface area contributed by atoms with Gasteiger partial charge in [0.15, 0.2) is 0 Å². The molecule has 1 aliphatic heterocycles. The van der Waals surface area contributed by atoms with Gasteiger partial charge in [0, 0.05) is 30.7 Å². The van der Waals surface area contributed by atoms with Crippen molar-refractivity contribution in [2.75, 3.05) is 20.2 Å². The van der Waals surface area contributed by atoms with Crippen molar-refractivity contribution in [1.29, 1.82) is 0 Å². The predicted octanol–water partition coefficient (Wildman–Crippen LogP) is 3.60. The SMILES string of the molecule is COc1ccc(S(=O)(=O)NC2CCN(Cc3ccc(Cl)cc3)CC2)c(C)c1. The second-order valence-corrected chi connectivity index (χ2v) is 9.05. The Balaban J connectivity index is 1.57. The molecule has 0 saturated carbocycles. The van der Waals surface area contributed by atoms with Crippen molar-refractivity contribution < 1.29 is 13.2 Å². The fourth-order valence-electron chi connectivity index (χ4n) is 3.39. The number of hydrogen-bond donors (Lipinski definition) is 1. The molecule has 1 N–H and O–H groups in total. The number of nitrogens with one attached hydrogen (secondary N) is 1. The van der Waals surface area contributed by atoms with Crippen LogP contribution in [0.3, 0.4) is 0 Å². The summed E-state index contributed by atoms with van der Waals surface area (Å²) < 4.78 is 33.5. The highest BCUT2D eigenvalue weighted by molar-refractivity contribution is 7.89. The van der Waals surface area contributed by atoms with E-state index in [9.17, 15) is 8.42 Å². The van der Waals surface area contributed by atoms with Crippen LogP contribution in [-0.2, 0) is 16.6 Å². The minimum absolute atomic E-state index is 0.0435. The number of piperidine rings is 1. The summed E-state index contributed by atoms with van der Waals surface area (Å²) in [6, 6.07) is 12.8. The molecule has 0 spiro atoms. The van der Waals surface area contributed by atoms with Gasteiger partial charge in [-0.25, -0.2) is 13.1 Å². The lowest BCUT2D eigenvalue weighted by molar-refractivity contribution is 0.200. The molecule has 2 aromatic rings. The quantitative estimate of drug-likeness (QED) is 0.793. The van der Waals surface area contributed by atoms with Gasteiger partial charge in [-0.2, -0.15) is 0 Å². The molecule has 0 atom stereocenters. The first-order chi connectivity index (χ1) is 12.9. The topological polar surface area (TPSA) is 58.6 Å². The second kappa shape index (κ2) is 8.61. The Bertz CT molecular complexity index is 877. The maximum Gasteiger partial charge on any atom is 0.241 e. The summed E-state index contributed by atoms with van der Waals surface area (Å²) in [5.41, 5.74) is 1.90. The molecule has 27 heavy (non-hydrogen) atoms. The molecule has 5 nitrogen and oxygen atoms in total. The maximum absolute atomic E-state index is 12.7. The van der Waals surface area contributed by atoms with Crippen LogP contribution >= 0.6 is 11.6 Å². The van der Waals surface area contributed by atoms with Crippen LogP contribution < -0.4 is 9.46 Å². The van der Waals surface area contributed by atoms with E-state index in [-0.39, 0.29) is 6.04 Å². The van der Waals surface area contributed by atoms with Gasteiger partial charge in [0.05, 0.1) is 12.0 Å². The minimum atomic E-state index is -3.54. The van der Waals surface area contributed by atoms with E-state index in [4.69, 9.17) is 16.3 Å². The van der Waals surface area contributed by atoms with Crippen LogP contribution in [0.1, 0.15) is 24.0 Å². The first-order valence-electron chi connectivity index (χ1n) is 9.01. The lowest BCUT2D eigenvalue weighted by Crippen LogP contribution is -2.44. The molecule has 0 bridgehead atoms. The van der Waals surface area contributed by atoms with E-state index >= 15 is 0 Å². The van der Waals surface area contributed by atoms with Gasteiger partial charge in [0.1, 0.15) is 5.75 Å². The highest BCUT2D eigenvalue weighted by Gasteiger charge is 2.25. The number of benzene rings is 2. The molecule has 0 radical (unpaired) electrons. The van der Waals surface area contributed by atoms with Gasteiger partial charge >= 0.3 is 0 Å². The third kappa shape index (κ3) is 5.23. The van der Waals surface area contributed by atoms with Gasteiger partial charge in [0.25, 0.3) is 0 Å². The lowest BCUT2D eigenvalue weighted by Gasteiger charge is -2.32. The predicted molar refractivity (Wildman–Crippen MR) is 108 cm³/mol. The number of ether oxygens (including phenoxy) is 1. The molecule has 3 rings (SSSR count). The third-order valence-corrected chi connectivity index (χ3v) is 6.83. The fourth-order valence-corrected chi connectivity index (χ4v) is 5.05. The van der Waals surface area contributed by atoms with E-state index < -0.39 is 10.0 Å². The Morgan fingerprint density at radius 1 is 1.15 bits per heavy atom. The van der Waals surface area contributed by atoms with Crippen molar-refractivity contribution in [2.24, 2.45) is 0 Å². The van der Waals surface area contributed by atoms with Crippen molar-refractivity contribution in [2.45, 2.75) is 37.2 Å². The zero-order valence-corrected chi connectivity index (χ0v) is 17.2. The van der Waals surface area contributed by atoms with Gasteiger partial charge in [-0.1, -0.05) is 23.7 Å². The summed E-state index contributed by atoms with van der Waals surface area (Å²) in [5, 5.41) is 0.737. The molecule has 1 fully saturated rings. The summed E-state index contributed by atoms with van der Waals surface area (Å²) in [6.45, 7) is 4.36. The van der Waals surface area contributed by atoms with Gasteiger partial charge in [0.2, 0.25) is 10.0 Å². The second-order valence-electron chi connectivity index (χ2n) is 6.93. The molecule has 146 valence electrons. The van der Waals surface area contributed by atoms with Crippen LogP contribution in [0.25, 0.3) is 0 Å². The van der Waals surface area contributed by atoms with Crippen LogP contribution in [0, 0.1) is 6.92 Å². The summed E-state index contributed by atoms with van der Waals surface area (Å²) in [4.78, 5) is 2.65. The monoisotopic (exact) mass is 408 g/mol. The van der Waals surface area contributed by atoms with E-state index in [1.54, 1.807) is 32.2 Å². The Kier molecular flexibility index (Phi) is 6.42. The minimum Gasteiger partial charge on any atom is -0.497 e. The molecule has 7 heteroatoms. The Morgan fingerprint density at radius 2 is 1.81 bits per heavy atom. The van der Waals surface area contributed by atoms with Crippen LogP contribution in [-0.4, -0.2) is 39.6 Å². The molecule has 0 amide bonds. The van der Waals surface area contributed by atoms with Gasteiger partial charge in [-0.05, 0) is 61.2 Å². The molecule has 0 aromatic heterocycles. The first-order valence-corrected chi connectivity index (χ1v) is 10.9. The average molecular weight is 409 g/mol. The summed E-state index contributed by atoms with van der Waals surface area (Å²) in [5.74, 6) is 0.655. The smallest absolute Gasteiger partial charge is 0.241 e. The van der Waals surface area contributed by atoms with Gasteiger partial charge < -0.3 is 4.74 Å². The fraction of sp³-hybridized carbons (Fsp3) is 0.400. The Hall–Kier alpha value is -1.60. The van der Waals surface area contributed by atoms with Crippen molar-refractivity contribution in [1.82, 2.24) is 9.62 Å². The number of nitrogens with zero attached hydrogens (tertiary/aromatic N) is 1. The molecule has 1 heterocycles. The van der Waals surface area contributed by atoms with Crippen LogP contribution in [0.5, 0.6) is 5.75 Å². The van der Waals surface area contributed by atoms with E-state index in [2.05, 4.69) is 9.62 Å². The number of sulfonamides is 1. The third-order valence-electron chi connectivity index (χ3n) is 4.90. The number of likely N-dealkylation sites (tertiary alicyclic amines) is 1. The summed E-state index contributed by atoms with van der Waals surface area (Å²) >= 11 is 5.93. The number of aryl methyl sites for hydroxylation is 1. The number of halogens is 1. The lowest BCUT2D eigenvalue weighted by atomic mass is 10.1. The van der Waals surface area contributed by atoms with Crippen molar-refractivity contribution in [3.8, 4) is 5.75 Å². The van der Waals surface area contributed by atoms with Crippen LogP contribution in [0.2, 0.25) is 5.02 Å².